The summed E-state index contributed by atoms with van der Waals surface area (Å²) in [5.41, 5.74) is 0. The Bertz CT molecular complexity index is 520. The summed E-state index contributed by atoms with van der Waals surface area (Å²) in [7, 11) is 0. The molecule has 2 heterocycles. The van der Waals surface area contributed by atoms with Crippen molar-refractivity contribution >= 4 is 17.2 Å². The van der Waals surface area contributed by atoms with Crippen LogP contribution in [-0.4, -0.2) is 21.1 Å². The van der Waals surface area contributed by atoms with E-state index in [2.05, 4.69) is 27.4 Å². The van der Waals surface area contributed by atoms with Crippen LogP contribution in [-0.2, 0) is 6.42 Å². The lowest BCUT2D eigenvalue weighted by Crippen LogP contribution is -2.28. The van der Waals surface area contributed by atoms with Crippen molar-refractivity contribution in [3.63, 3.8) is 0 Å². The van der Waals surface area contributed by atoms with Gasteiger partial charge in [-0.25, -0.2) is 4.98 Å². The van der Waals surface area contributed by atoms with E-state index in [1.54, 1.807) is 11.3 Å². The van der Waals surface area contributed by atoms with Crippen LogP contribution in [0.1, 0.15) is 54.1 Å². The first-order valence-electron chi connectivity index (χ1n) is 6.50. The summed E-state index contributed by atoms with van der Waals surface area (Å²) < 4.78 is 0. The van der Waals surface area contributed by atoms with Crippen molar-refractivity contribution in [1.82, 2.24) is 20.5 Å². The van der Waals surface area contributed by atoms with Crippen LogP contribution in [0, 0.1) is 0 Å². The molecule has 0 radical (unpaired) electrons. The van der Waals surface area contributed by atoms with Crippen LogP contribution in [0.2, 0.25) is 0 Å². The molecule has 0 bridgehead atoms. The number of thiophene rings is 1. The molecule has 0 aliphatic heterocycles. The summed E-state index contributed by atoms with van der Waals surface area (Å²) in [6.07, 6.45) is 2.66. The lowest BCUT2D eigenvalue weighted by atomic mass is 10.1. The van der Waals surface area contributed by atoms with E-state index in [1.807, 2.05) is 24.4 Å². The number of hydrogen-bond acceptors (Lipinski definition) is 4. The Kier molecular flexibility index (Phi) is 4.68. The summed E-state index contributed by atoms with van der Waals surface area (Å²) in [4.78, 5) is 17.4. The molecule has 1 amide bonds. The fourth-order valence-electron chi connectivity index (χ4n) is 1.84. The molecule has 2 aromatic heterocycles. The first-order chi connectivity index (χ1) is 9.24. The Morgan fingerprint density at radius 2 is 2.37 bits per heavy atom. The second-order valence-corrected chi connectivity index (χ2v) is 5.27. The molecule has 1 atom stereocenters. The summed E-state index contributed by atoms with van der Waals surface area (Å²) in [5.74, 6) is 0.727. The third-order valence-corrected chi connectivity index (χ3v) is 3.82. The predicted molar refractivity (Wildman–Crippen MR) is 75.2 cm³/mol. The zero-order valence-corrected chi connectivity index (χ0v) is 12.0. The number of rotatable bonds is 6. The normalized spacial score (nSPS) is 12.3. The maximum absolute atomic E-state index is 12.1. The van der Waals surface area contributed by atoms with Crippen LogP contribution < -0.4 is 5.32 Å². The molecule has 6 heteroatoms. The van der Waals surface area contributed by atoms with Gasteiger partial charge in [0.15, 0.2) is 0 Å². The zero-order chi connectivity index (χ0) is 13.7. The van der Waals surface area contributed by atoms with E-state index in [-0.39, 0.29) is 17.8 Å². The molecule has 2 aromatic rings. The van der Waals surface area contributed by atoms with E-state index in [0.29, 0.717) is 0 Å². The lowest BCUT2D eigenvalue weighted by molar-refractivity contribution is 0.0925. The third-order valence-electron chi connectivity index (χ3n) is 2.84. The van der Waals surface area contributed by atoms with Gasteiger partial charge >= 0.3 is 0 Å². The molecular formula is C13H18N4OS. The highest BCUT2D eigenvalue weighted by atomic mass is 32.1. The number of nitrogens with zero attached hydrogens (tertiary/aromatic N) is 2. The smallest absolute Gasteiger partial charge is 0.291 e. The maximum Gasteiger partial charge on any atom is 0.291 e. The van der Waals surface area contributed by atoms with Crippen molar-refractivity contribution in [3.8, 4) is 0 Å². The number of aromatic nitrogens is 3. The maximum atomic E-state index is 12.1. The quantitative estimate of drug-likeness (QED) is 0.853. The van der Waals surface area contributed by atoms with Crippen molar-refractivity contribution in [2.24, 2.45) is 0 Å². The number of hydrogen-bond donors (Lipinski definition) is 2. The van der Waals surface area contributed by atoms with Gasteiger partial charge in [-0.15, -0.1) is 16.4 Å². The second kappa shape index (κ2) is 6.47. The largest absolute Gasteiger partial charge is 0.342 e. The molecule has 0 saturated heterocycles. The Balaban J connectivity index is 2.06. The van der Waals surface area contributed by atoms with Crippen LogP contribution >= 0.6 is 11.3 Å². The van der Waals surface area contributed by atoms with Crippen molar-refractivity contribution in [3.05, 3.63) is 34.0 Å². The number of amides is 1. The van der Waals surface area contributed by atoms with Crippen LogP contribution in [0.15, 0.2) is 17.5 Å². The summed E-state index contributed by atoms with van der Waals surface area (Å²) in [5, 5.41) is 11.7. The number of aryl methyl sites for hydroxylation is 1. The highest BCUT2D eigenvalue weighted by Gasteiger charge is 2.18. The average molecular weight is 278 g/mol. The van der Waals surface area contributed by atoms with Crippen molar-refractivity contribution < 1.29 is 4.79 Å². The topological polar surface area (TPSA) is 70.7 Å². The Morgan fingerprint density at radius 1 is 1.53 bits per heavy atom. The fourth-order valence-corrected chi connectivity index (χ4v) is 2.65. The minimum atomic E-state index is -0.220. The van der Waals surface area contributed by atoms with Gasteiger partial charge in [-0.2, -0.15) is 0 Å². The van der Waals surface area contributed by atoms with Gasteiger partial charge in [0.25, 0.3) is 5.91 Å². The first-order valence-corrected chi connectivity index (χ1v) is 7.38. The number of aromatic amines is 1. The Morgan fingerprint density at radius 3 is 2.95 bits per heavy atom. The van der Waals surface area contributed by atoms with Gasteiger partial charge in [-0.05, 0) is 17.9 Å². The summed E-state index contributed by atoms with van der Waals surface area (Å²) >= 11 is 1.65. The average Bonchev–Trinajstić information content (AvgIpc) is 3.09. The van der Waals surface area contributed by atoms with Crippen LogP contribution in [0.25, 0.3) is 0 Å². The van der Waals surface area contributed by atoms with E-state index in [4.69, 9.17) is 0 Å². The number of H-pyrrole nitrogens is 1. The predicted octanol–water partition coefficient (Wildman–Crippen LogP) is 2.70. The molecule has 2 N–H and O–H groups in total. The van der Waals surface area contributed by atoms with Gasteiger partial charge in [-0.1, -0.05) is 26.3 Å². The Labute approximate surface area is 116 Å². The van der Waals surface area contributed by atoms with Crippen molar-refractivity contribution in [1.29, 1.82) is 0 Å². The van der Waals surface area contributed by atoms with Gasteiger partial charge in [0.1, 0.15) is 5.82 Å². The Hall–Kier alpha value is -1.69. The molecule has 0 aliphatic rings. The van der Waals surface area contributed by atoms with E-state index < -0.39 is 0 Å². The van der Waals surface area contributed by atoms with E-state index in [0.717, 1.165) is 25.1 Å². The fraction of sp³-hybridized carbons (Fsp3) is 0.462. The van der Waals surface area contributed by atoms with Crippen molar-refractivity contribution in [2.45, 2.75) is 39.2 Å². The minimum absolute atomic E-state index is 0.0427. The second-order valence-electron chi connectivity index (χ2n) is 4.29. The van der Waals surface area contributed by atoms with Crippen LogP contribution in [0.5, 0.6) is 0 Å². The van der Waals surface area contributed by atoms with Gasteiger partial charge < -0.3 is 5.32 Å². The number of carbonyl (C=O) groups is 1. The molecule has 5 nitrogen and oxygen atoms in total. The molecule has 0 aromatic carbocycles. The molecule has 19 heavy (non-hydrogen) atoms. The van der Waals surface area contributed by atoms with Gasteiger partial charge in [0, 0.05) is 11.3 Å². The van der Waals surface area contributed by atoms with Gasteiger partial charge in [0.05, 0.1) is 6.04 Å². The molecule has 0 fully saturated rings. The lowest BCUT2D eigenvalue weighted by Gasteiger charge is -2.15. The standard InChI is InChI=1S/C13H18N4OS/c1-3-6-9(10-7-5-8-19-10)14-13(18)12-15-11(4-2)16-17-12/h5,7-9H,3-4,6H2,1-2H3,(H,14,18)(H,15,16,17). The minimum Gasteiger partial charge on any atom is -0.342 e. The summed E-state index contributed by atoms with van der Waals surface area (Å²) in [6.45, 7) is 4.07. The van der Waals surface area contributed by atoms with Gasteiger partial charge in [-0.3, -0.25) is 9.89 Å². The van der Waals surface area contributed by atoms with Crippen LogP contribution in [0.3, 0.4) is 0 Å². The van der Waals surface area contributed by atoms with Crippen LogP contribution in [0.4, 0.5) is 0 Å². The third kappa shape index (κ3) is 3.41. The number of carbonyl (C=O) groups excluding carboxylic acids is 1. The highest BCUT2D eigenvalue weighted by Crippen LogP contribution is 2.23. The molecule has 102 valence electrons. The molecule has 0 saturated carbocycles. The molecule has 0 aliphatic carbocycles. The van der Waals surface area contributed by atoms with E-state index >= 15 is 0 Å². The summed E-state index contributed by atoms with van der Waals surface area (Å²) in [6, 6.07) is 4.08. The van der Waals surface area contributed by atoms with Crippen molar-refractivity contribution in [2.75, 3.05) is 0 Å². The molecule has 1 unspecified atom stereocenters. The first kappa shape index (κ1) is 13.7. The van der Waals surface area contributed by atoms with E-state index in [1.165, 1.54) is 4.88 Å². The van der Waals surface area contributed by atoms with Gasteiger partial charge in [0.2, 0.25) is 5.82 Å². The molecule has 2 rings (SSSR count). The van der Waals surface area contributed by atoms with E-state index in [9.17, 15) is 4.79 Å². The SMILES string of the molecule is CCCC(NC(=O)c1n[nH]c(CC)n1)c1cccs1. The molecular weight excluding hydrogens is 260 g/mol. The monoisotopic (exact) mass is 278 g/mol. The molecule has 0 spiro atoms. The highest BCUT2D eigenvalue weighted by molar-refractivity contribution is 7.10. The zero-order valence-electron chi connectivity index (χ0n) is 11.1. The number of nitrogens with one attached hydrogen (secondary N) is 2.